The average Bonchev–Trinajstić information content (AvgIpc) is 2.76. The van der Waals surface area contributed by atoms with Crippen molar-refractivity contribution in [3.63, 3.8) is 0 Å². The van der Waals surface area contributed by atoms with Crippen LogP contribution in [0.1, 0.15) is 37.9 Å². The van der Waals surface area contributed by atoms with Crippen molar-refractivity contribution in [3.05, 3.63) is 79.4 Å². The molecule has 1 aromatic carbocycles. The lowest BCUT2D eigenvalue weighted by Gasteiger charge is -2.44. The van der Waals surface area contributed by atoms with E-state index >= 15 is 0 Å². The van der Waals surface area contributed by atoms with Crippen molar-refractivity contribution < 1.29 is 4.79 Å². The molecule has 4 heterocycles. The van der Waals surface area contributed by atoms with Crippen LogP contribution >= 0.6 is 0 Å². The van der Waals surface area contributed by atoms with Crippen molar-refractivity contribution in [3.8, 4) is 0 Å². The van der Waals surface area contributed by atoms with Gasteiger partial charge in [-0.25, -0.2) is 9.36 Å². The van der Waals surface area contributed by atoms with Gasteiger partial charge in [0.15, 0.2) is 0 Å². The fourth-order valence-electron chi connectivity index (χ4n) is 5.39. The molecule has 0 radical (unpaired) electrons. The summed E-state index contributed by atoms with van der Waals surface area (Å²) >= 11 is 0. The number of H-pyrrole nitrogens is 1. The third-order valence-corrected chi connectivity index (χ3v) is 6.79. The normalized spacial score (nSPS) is 20.9. The Kier molecular flexibility index (Phi) is 4.87. The number of likely N-dealkylation sites (tertiary alicyclic amines) is 1. The number of carbonyl (C=O) groups is 1. The minimum absolute atomic E-state index is 0.00807. The van der Waals surface area contributed by atoms with Gasteiger partial charge in [-0.2, -0.15) is 0 Å². The average molecular weight is 434 g/mol. The lowest BCUT2D eigenvalue weighted by atomic mass is 9.82. The van der Waals surface area contributed by atoms with Crippen LogP contribution in [0.4, 0.5) is 0 Å². The van der Waals surface area contributed by atoms with Gasteiger partial charge in [0.2, 0.25) is 5.91 Å². The lowest BCUT2D eigenvalue weighted by Crippen LogP contribution is -2.53. The molecule has 166 valence electrons. The molecule has 8 nitrogen and oxygen atoms in total. The van der Waals surface area contributed by atoms with E-state index < -0.39 is 17.3 Å². The van der Waals surface area contributed by atoms with Crippen LogP contribution in [0.3, 0.4) is 0 Å². The highest BCUT2D eigenvalue weighted by molar-refractivity contribution is 5.82. The Hall–Kier alpha value is -3.42. The maximum Gasteiger partial charge on any atom is 0.329 e. The van der Waals surface area contributed by atoms with Crippen molar-refractivity contribution in [2.24, 2.45) is 11.8 Å². The summed E-state index contributed by atoms with van der Waals surface area (Å²) in [5.41, 5.74) is 0.378. The van der Waals surface area contributed by atoms with Gasteiger partial charge in [-0.05, 0) is 36.5 Å². The van der Waals surface area contributed by atoms with Gasteiger partial charge in [0.05, 0.1) is 10.9 Å². The molecule has 2 aliphatic rings. The minimum atomic E-state index is -0.896. The lowest BCUT2D eigenvalue weighted by molar-refractivity contribution is -0.139. The van der Waals surface area contributed by atoms with Crippen molar-refractivity contribution in [1.29, 1.82) is 0 Å². The van der Waals surface area contributed by atoms with Crippen molar-refractivity contribution in [2.75, 3.05) is 13.1 Å². The molecule has 1 amide bonds. The maximum atomic E-state index is 13.7. The highest BCUT2D eigenvalue weighted by atomic mass is 16.2. The number of nitrogens with one attached hydrogen (secondary N) is 1. The topological polar surface area (TPSA) is 97.2 Å². The van der Waals surface area contributed by atoms with Crippen LogP contribution in [-0.2, 0) is 11.3 Å². The SMILES string of the molecule is CC(C)C(C(=O)N1CC2CC(C1)c1cccc(=O)n1C2)n1c(=O)[nH]c2ccccc2c1=O. The highest BCUT2D eigenvalue weighted by Gasteiger charge is 2.39. The molecule has 32 heavy (non-hydrogen) atoms. The fourth-order valence-corrected chi connectivity index (χ4v) is 5.39. The molecule has 2 aliphatic heterocycles. The number of piperidine rings is 1. The molecule has 1 fully saturated rings. The fraction of sp³-hybridized carbons (Fsp3) is 0.417. The van der Waals surface area contributed by atoms with Crippen LogP contribution in [-0.4, -0.2) is 38.0 Å². The number of pyridine rings is 1. The Labute approximate surface area is 184 Å². The number of fused-ring (bicyclic) bond motifs is 5. The minimum Gasteiger partial charge on any atom is -0.340 e. The maximum absolute atomic E-state index is 13.7. The van der Waals surface area contributed by atoms with Crippen LogP contribution < -0.4 is 16.8 Å². The largest absolute Gasteiger partial charge is 0.340 e. The highest BCUT2D eigenvalue weighted by Crippen LogP contribution is 2.36. The third kappa shape index (κ3) is 3.21. The van der Waals surface area contributed by atoms with E-state index in [1.807, 2.05) is 24.5 Å². The number of aromatic amines is 1. The Morgan fingerprint density at radius 2 is 1.78 bits per heavy atom. The first-order chi connectivity index (χ1) is 15.3. The van der Waals surface area contributed by atoms with E-state index in [0.29, 0.717) is 30.5 Å². The van der Waals surface area contributed by atoms with Gasteiger partial charge in [0, 0.05) is 37.3 Å². The molecule has 0 aliphatic carbocycles. The van der Waals surface area contributed by atoms with Gasteiger partial charge in [-0.1, -0.05) is 32.0 Å². The van der Waals surface area contributed by atoms with Crippen molar-refractivity contribution >= 4 is 16.8 Å². The van der Waals surface area contributed by atoms with Crippen LogP contribution in [0.5, 0.6) is 0 Å². The van der Waals surface area contributed by atoms with Gasteiger partial charge in [0.25, 0.3) is 11.1 Å². The van der Waals surface area contributed by atoms with Crippen molar-refractivity contribution in [1.82, 2.24) is 19.0 Å². The van der Waals surface area contributed by atoms with E-state index in [1.165, 1.54) is 0 Å². The smallest absolute Gasteiger partial charge is 0.329 e. The number of hydrogen-bond acceptors (Lipinski definition) is 4. The summed E-state index contributed by atoms with van der Waals surface area (Å²) in [6.45, 7) is 5.27. The first kappa shape index (κ1) is 20.5. The van der Waals surface area contributed by atoms with Crippen LogP contribution in [0.15, 0.2) is 56.8 Å². The Balaban J connectivity index is 1.53. The molecule has 8 heteroatoms. The first-order valence-corrected chi connectivity index (χ1v) is 11.1. The molecule has 0 saturated carbocycles. The second kappa shape index (κ2) is 7.62. The summed E-state index contributed by atoms with van der Waals surface area (Å²) in [6, 6.07) is 11.2. The van der Waals surface area contributed by atoms with Gasteiger partial charge in [-0.3, -0.25) is 14.4 Å². The quantitative estimate of drug-likeness (QED) is 0.678. The molecule has 5 rings (SSSR count). The number of aromatic nitrogens is 3. The zero-order valence-corrected chi connectivity index (χ0v) is 18.2. The van der Waals surface area contributed by atoms with E-state index in [9.17, 15) is 19.2 Å². The van der Waals surface area contributed by atoms with E-state index in [2.05, 4.69) is 4.98 Å². The summed E-state index contributed by atoms with van der Waals surface area (Å²) in [5, 5.41) is 0.384. The predicted molar refractivity (Wildman–Crippen MR) is 121 cm³/mol. The van der Waals surface area contributed by atoms with Gasteiger partial charge >= 0.3 is 5.69 Å². The number of hydrogen-bond donors (Lipinski definition) is 1. The summed E-state index contributed by atoms with van der Waals surface area (Å²) in [5.74, 6) is -0.229. The van der Waals surface area contributed by atoms with E-state index in [4.69, 9.17) is 0 Å². The van der Waals surface area contributed by atoms with E-state index in [0.717, 1.165) is 16.7 Å². The van der Waals surface area contributed by atoms with Gasteiger partial charge in [0.1, 0.15) is 6.04 Å². The summed E-state index contributed by atoms with van der Waals surface area (Å²) in [6.07, 6.45) is 0.927. The monoisotopic (exact) mass is 434 g/mol. The molecule has 3 unspecified atom stereocenters. The predicted octanol–water partition coefficient (Wildman–Crippen LogP) is 1.69. The number of para-hydroxylation sites is 1. The van der Waals surface area contributed by atoms with Crippen molar-refractivity contribution in [2.45, 2.75) is 38.8 Å². The molecule has 2 bridgehead atoms. The van der Waals surface area contributed by atoms with E-state index in [-0.39, 0.29) is 29.2 Å². The molecular formula is C24H26N4O4. The summed E-state index contributed by atoms with van der Waals surface area (Å²) < 4.78 is 2.90. The Bertz CT molecular complexity index is 1380. The van der Waals surface area contributed by atoms with Crippen LogP contribution in [0, 0.1) is 11.8 Å². The first-order valence-electron chi connectivity index (χ1n) is 11.1. The third-order valence-electron chi connectivity index (χ3n) is 6.79. The molecule has 0 spiro atoms. The van der Waals surface area contributed by atoms with Gasteiger partial charge < -0.3 is 14.5 Å². The molecule has 1 N–H and O–H groups in total. The summed E-state index contributed by atoms with van der Waals surface area (Å²) in [4.78, 5) is 56.6. The number of rotatable bonds is 3. The number of nitrogens with zero attached hydrogens (tertiary/aromatic N) is 3. The standard InChI is InChI=1S/C24H26N4O4/c1-14(2)21(28-22(30)17-6-3-4-7-18(17)25-24(28)32)23(31)26-11-15-10-16(13-26)19-8-5-9-20(29)27(19)12-15/h3-9,14-16,21H,10-13H2,1-2H3,(H,25,32). The van der Waals surface area contributed by atoms with Gasteiger partial charge in [-0.15, -0.1) is 0 Å². The molecule has 1 saturated heterocycles. The Morgan fingerprint density at radius 1 is 1.00 bits per heavy atom. The molecule has 3 aromatic rings. The second-order valence-corrected chi connectivity index (χ2v) is 9.28. The zero-order chi connectivity index (χ0) is 22.6. The number of benzene rings is 1. The number of carbonyl (C=O) groups excluding carboxylic acids is 1. The molecular weight excluding hydrogens is 408 g/mol. The zero-order valence-electron chi connectivity index (χ0n) is 18.2. The van der Waals surface area contributed by atoms with Crippen LogP contribution in [0.25, 0.3) is 10.9 Å². The number of amides is 1. The Morgan fingerprint density at radius 3 is 2.56 bits per heavy atom. The second-order valence-electron chi connectivity index (χ2n) is 9.28. The summed E-state index contributed by atoms with van der Waals surface area (Å²) in [7, 11) is 0. The molecule has 2 aromatic heterocycles. The van der Waals surface area contributed by atoms with Crippen LogP contribution in [0.2, 0.25) is 0 Å². The van der Waals surface area contributed by atoms with E-state index in [1.54, 1.807) is 41.3 Å². The molecule has 3 atom stereocenters.